The van der Waals surface area contributed by atoms with Crippen molar-refractivity contribution < 1.29 is 4.79 Å². The maximum absolute atomic E-state index is 12.9. The number of rotatable bonds is 4. The minimum atomic E-state index is -0.227. The van der Waals surface area contributed by atoms with Crippen LogP contribution in [0.2, 0.25) is 0 Å². The molecule has 1 aliphatic rings. The maximum Gasteiger partial charge on any atom is 0.257 e. The van der Waals surface area contributed by atoms with Gasteiger partial charge in [-0.3, -0.25) is 9.48 Å². The van der Waals surface area contributed by atoms with Crippen molar-refractivity contribution in [2.24, 2.45) is 0 Å². The summed E-state index contributed by atoms with van der Waals surface area (Å²) >= 11 is 0. The molecule has 1 amide bonds. The molecule has 0 bridgehead atoms. The van der Waals surface area contributed by atoms with Gasteiger partial charge >= 0.3 is 0 Å². The van der Waals surface area contributed by atoms with Crippen LogP contribution < -0.4 is 10.6 Å². The number of anilines is 1. The first-order chi connectivity index (χ1) is 15.7. The maximum atomic E-state index is 12.9. The summed E-state index contributed by atoms with van der Waals surface area (Å²) in [5.74, 6) is -0.227. The zero-order chi connectivity index (χ0) is 21.5. The SMILES string of the molecule is O=C(Nc1cnn(C2CCNCC2)c1)c1cnc2[nH]cc(-c3ccc4nccn4n3)c2c1. The van der Waals surface area contributed by atoms with Crippen LogP contribution in [-0.2, 0) is 0 Å². The molecule has 5 aromatic heterocycles. The second-order valence-corrected chi connectivity index (χ2v) is 7.92. The third kappa shape index (κ3) is 3.30. The van der Waals surface area contributed by atoms with Crippen molar-refractivity contribution in [3.8, 4) is 11.3 Å². The second kappa shape index (κ2) is 7.57. The Hall–Kier alpha value is -4.05. The first-order valence-electron chi connectivity index (χ1n) is 10.6. The quantitative estimate of drug-likeness (QED) is 0.406. The van der Waals surface area contributed by atoms with Crippen LogP contribution in [0.1, 0.15) is 29.2 Å². The number of aromatic amines is 1. The van der Waals surface area contributed by atoms with Crippen LogP contribution in [0.5, 0.6) is 0 Å². The number of pyridine rings is 1. The molecule has 1 aliphatic heterocycles. The summed E-state index contributed by atoms with van der Waals surface area (Å²) in [6, 6.07) is 6.01. The predicted octanol–water partition coefficient (Wildman–Crippen LogP) is 2.65. The lowest BCUT2D eigenvalue weighted by Crippen LogP contribution is -2.29. The van der Waals surface area contributed by atoms with E-state index in [4.69, 9.17) is 0 Å². The molecule has 0 unspecified atom stereocenters. The van der Waals surface area contributed by atoms with Crippen LogP contribution in [-0.4, -0.2) is 53.3 Å². The Morgan fingerprint density at radius 2 is 2.06 bits per heavy atom. The van der Waals surface area contributed by atoms with Gasteiger partial charge in [-0.1, -0.05) is 0 Å². The number of amides is 1. The summed E-state index contributed by atoms with van der Waals surface area (Å²) in [6.07, 6.45) is 12.6. The van der Waals surface area contributed by atoms with Crippen LogP contribution in [0.3, 0.4) is 0 Å². The Morgan fingerprint density at radius 3 is 2.97 bits per heavy atom. The summed E-state index contributed by atoms with van der Waals surface area (Å²) in [6.45, 7) is 1.97. The van der Waals surface area contributed by atoms with Crippen LogP contribution in [0.15, 0.2) is 55.4 Å². The number of aromatic nitrogens is 7. The molecule has 0 saturated carbocycles. The third-order valence-electron chi connectivity index (χ3n) is 5.87. The van der Waals surface area contributed by atoms with Gasteiger partial charge in [0.1, 0.15) is 5.65 Å². The number of H-pyrrole nitrogens is 1. The molecule has 0 aliphatic carbocycles. The first-order valence-corrected chi connectivity index (χ1v) is 10.6. The van der Waals surface area contributed by atoms with E-state index in [-0.39, 0.29) is 5.91 Å². The molecular formula is C22H21N9O. The van der Waals surface area contributed by atoms with Gasteiger partial charge in [0.05, 0.1) is 29.2 Å². The van der Waals surface area contributed by atoms with E-state index in [1.54, 1.807) is 29.3 Å². The van der Waals surface area contributed by atoms with Gasteiger partial charge in [-0.2, -0.15) is 10.2 Å². The first kappa shape index (κ1) is 18.7. The highest BCUT2D eigenvalue weighted by molar-refractivity contribution is 6.06. The number of hydrogen-bond donors (Lipinski definition) is 3. The third-order valence-corrected chi connectivity index (χ3v) is 5.87. The van der Waals surface area contributed by atoms with Crippen LogP contribution in [0.4, 0.5) is 5.69 Å². The Labute approximate surface area is 182 Å². The van der Waals surface area contributed by atoms with Crippen molar-refractivity contribution in [3.63, 3.8) is 0 Å². The lowest BCUT2D eigenvalue weighted by atomic mass is 10.1. The topological polar surface area (TPSA) is 118 Å². The average Bonchev–Trinajstić information content (AvgIpc) is 3.58. The number of nitrogens with zero attached hydrogens (tertiary/aromatic N) is 6. The van der Waals surface area contributed by atoms with Gasteiger partial charge in [-0.15, -0.1) is 0 Å². The highest BCUT2D eigenvalue weighted by atomic mass is 16.1. The van der Waals surface area contributed by atoms with E-state index < -0.39 is 0 Å². The van der Waals surface area contributed by atoms with Crippen molar-refractivity contribution in [1.29, 1.82) is 0 Å². The summed E-state index contributed by atoms with van der Waals surface area (Å²) < 4.78 is 3.66. The zero-order valence-corrected chi connectivity index (χ0v) is 17.2. The van der Waals surface area contributed by atoms with E-state index in [9.17, 15) is 4.79 Å². The normalized spacial score (nSPS) is 14.9. The molecule has 3 N–H and O–H groups in total. The summed E-state index contributed by atoms with van der Waals surface area (Å²) in [4.78, 5) is 24.7. The molecule has 10 nitrogen and oxygen atoms in total. The molecule has 0 atom stereocenters. The number of carbonyl (C=O) groups excluding carboxylic acids is 1. The lowest BCUT2D eigenvalue weighted by molar-refractivity contribution is 0.102. The number of imidazole rings is 1. The van der Waals surface area contributed by atoms with Crippen LogP contribution >= 0.6 is 0 Å². The number of hydrogen-bond acceptors (Lipinski definition) is 6. The van der Waals surface area contributed by atoms with E-state index in [2.05, 4.69) is 35.8 Å². The lowest BCUT2D eigenvalue weighted by Gasteiger charge is -2.22. The number of carbonyl (C=O) groups is 1. The Bertz CT molecular complexity index is 1420. The van der Waals surface area contributed by atoms with Gasteiger partial charge in [0.25, 0.3) is 5.91 Å². The summed E-state index contributed by atoms with van der Waals surface area (Å²) in [5.41, 5.74) is 4.26. The molecular weight excluding hydrogens is 406 g/mol. The fourth-order valence-electron chi connectivity index (χ4n) is 4.18. The highest BCUT2D eigenvalue weighted by Gasteiger charge is 2.17. The Balaban J connectivity index is 1.27. The molecule has 1 fully saturated rings. The molecule has 6 heterocycles. The zero-order valence-electron chi connectivity index (χ0n) is 17.2. The van der Waals surface area contributed by atoms with E-state index in [1.807, 2.05) is 35.3 Å². The molecule has 6 rings (SSSR count). The van der Waals surface area contributed by atoms with Crippen molar-refractivity contribution in [1.82, 2.24) is 39.7 Å². The van der Waals surface area contributed by atoms with Crippen molar-refractivity contribution in [3.05, 3.63) is 60.9 Å². The second-order valence-electron chi connectivity index (χ2n) is 7.92. The highest BCUT2D eigenvalue weighted by Crippen LogP contribution is 2.27. The van der Waals surface area contributed by atoms with Crippen LogP contribution in [0.25, 0.3) is 27.9 Å². The number of nitrogens with one attached hydrogen (secondary N) is 3. The standard InChI is InChI=1S/C22H21N9O/c32-22(28-15-11-27-31(13-15)16-3-5-23-6-4-16)14-9-17-18(12-26-21(17)25-10-14)19-1-2-20-24-7-8-30(20)29-19/h1-2,7-13,16,23H,3-6H2,(H,25,26)(H,28,32). The smallest absolute Gasteiger partial charge is 0.257 e. The van der Waals surface area contributed by atoms with E-state index in [0.29, 0.717) is 22.9 Å². The number of fused-ring (bicyclic) bond motifs is 2. The number of piperidine rings is 1. The Morgan fingerprint density at radius 1 is 1.16 bits per heavy atom. The monoisotopic (exact) mass is 427 g/mol. The molecule has 1 saturated heterocycles. The molecule has 0 spiro atoms. The van der Waals surface area contributed by atoms with Gasteiger partial charge in [0.15, 0.2) is 5.65 Å². The fourth-order valence-corrected chi connectivity index (χ4v) is 4.18. The van der Waals surface area contributed by atoms with Crippen LogP contribution in [0, 0.1) is 0 Å². The average molecular weight is 427 g/mol. The predicted molar refractivity (Wildman–Crippen MR) is 119 cm³/mol. The Kier molecular flexibility index (Phi) is 4.43. The van der Waals surface area contributed by atoms with Crippen molar-refractivity contribution in [2.45, 2.75) is 18.9 Å². The van der Waals surface area contributed by atoms with Gasteiger partial charge < -0.3 is 15.6 Å². The minimum Gasteiger partial charge on any atom is -0.345 e. The van der Waals surface area contributed by atoms with Gasteiger partial charge in [-0.05, 0) is 44.1 Å². The molecule has 10 heteroatoms. The molecule has 5 aromatic rings. The largest absolute Gasteiger partial charge is 0.345 e. The fraction of sp³-hybridized carbons (Fsp3) is 0.227. The molecule has 0 aromatic carbocycles. The van der Waals surface area contributed by atoms with Gasteiger partial charge in [0.2, 0.25) is 0 Å². The van der Waals surface area contributed by atoms with Crippen molar-refractivity contribution in [2.75, 3.05) is 18.4 Å². The minimum absolute atomic E-state index is 0.227. The van der Waals surface area contributed by atoms with E-state index >= 15 is 0 Å². The van der Waals surface area contributed by atoms with E-state index in [1.165, 1.54) is 0 Å². The molecule has 160 valence electrons. The summed E-state index contributed by atoms with van der Waals surface area (Å²) in [5, 5.41) is 16.2. The summed E-state index contributed by atoms with van der Waals surface area (Å²) in [7, 11) is 0. The van der Waals surface area contributed by atoms with Gasteiger partial charge in [0, 0.05) is 41.9 Å². The van der Waals surface area contributed by atoms with E-state index in [0.717, 1.165) is 48.2 Å². The van der Waals surface area contributed by atoms with Crippen molar-refractivity contribution >= 4 is 28.3 Å². The molecule has 32 heavy (non-hydrogen) atoms. The molecule has 0 radical (unpaired) electrons. The van der Waals surface area contributed by atoms with Gasteiger partial charge in [-0.25, -0.2) is 14.5 Å².